The van der Waals surface area contributed by atoms with Crippen LogP contribution in [0.15, 0.2) is 36.4 Å². The molecule has 1 rings (SSSR count). The molecule has 0 unspecified atom stereocenters. The zero-order valence-electron chi connectivity index (χ0n) is 7.71. The van der Waals surface area contributed by atoms with Crippen molar-refractivity contribution in [2.45, 2.75) is 13.5 Å². The number of hydrogen-bond donors (Lipinski definition) is 1. The summed E-state index contributed by atoms with van der Waals surface area (Å²) in [6.07, 6.45) is 0. The van der Waals surface area contributed by atoms with Crippen LogP contribution in [0, 0.1) is 0 Å². The van der Waals surface area contributed by atoms with Crippen molar-refractivity contribution in [1.82, 2.24) is 0 Å². The zero-order chi connectivity index (χ0) is 9.84. The van der Waals surface area contributed by atoms with Gasteiger partial charge in [0.25, 0.3) is 0 Å². The molecule has 0 aliphatic heterocycles. The van der Waals surface area contributed by atoms with Crippen molar-refractivity contribution in [1.29, 1.82) is 0 Å². The number of ketones is 1. The van der Waals surface area contributed by atoms with Crippen LogP contribution in [0.5, 0.6) is 0 Å². The van der Waals surface area contributed by atoms with E-state index >= 15 is 0 Å². The Labute approximate surface area is 78.1 Å². The van der Waals surface area contributed by atoms with Crippen LogP contribution < -0.4 is 5.73 Å². The van der Waals surface area contributed by atoms with E-state index in [0.29, 0.717) is 17.7 Å². The maximum Gasteiger partial charge on any atom is 0.188 e. The molecule has 0 aromatic heterocycles. The minimum absolute atomic E-state index is 0.0106. The molecule has 0 spiro atoms. The third-order valence-corrected chi connectivity index (χ3v) is 1.84. The molecule has 0 amide bonds. The number of hydrogen-bond acceptors (Lipinski definition) is 2. The first kappa shape index (κ1) is 9.68. The molecule has 0 saturated heterocycles. The van der Waals surface area contributed by atoms with Crippen LogP contribution in [0.4, 0.5) is 0 Å². The highest BCUT2D eigenvalue weighted by molar-refractivity contribution is 6.07. The van der Waals surface area contributed by atoms with Crippen molar-refractivity contribution in [3.63, 3.8) is 0 Å². The first-order chi connectivity index (χ1) is 6.15. The summed E-state index contributed by atoms with van der Waals surface area (Å²) in [7, 11) is 0. The van der Waals surface area contributed by atoms with Gasteiger partial charge in [-0.3, -0.25) is 4.79 Å². The van der Waals surface area contributed by atoms with E-state index in [1.165, 1.54) is 0 Å². The van der Waals surface area contributed by atoms with Gasteiger partial charge < -0.3 is 5.73 Å². The van der Waals surface area contributed by atoms with Gasteiger partial charge in [-0.25, -0.2) is 0 Å². The van der Waals surface area contributed by atoms with E-state index in [9.17, 15) is 4.79 Å². The Morgan fingerprint density at radius 1 is 1.38 bits per heavy atom. The lowest BCUT2D eigenvalue weighted by molar-refractivity contribution is 0.103. The first-order valence-electron chi connectivity index (χ1n) is 4.14. The van der Waals surface area contributed by atoms with E-state index in [0.717, 1.165) is 5.56 Å². The Hall–Kier alpha value is -1.41. The van der Waals surface area contributed by atoms with E-state index in [1.807, 2.05) is 12.1 Å². The Morgan fingerprint density at radius 2 is 1.92 bits per heavy atom. The van der Waals surface area contributed by atoms with E-state index in [-0.39, 0.29) is 5.78 Å². The van der Waals surface area contributed by atoms with Gasteiger partial charge in [-0.15, -0.1) is 0 Å². The molecule has 1 aromatic rings. The van der Waals surface area contributed by atoms with Gasteiger partial charge in [0.1, 0.15) is 0 Å². The van der Waals surface area contributed by atoms with Gasteiger partial charge >= 0.3 is 0 Å². The third-order valence-electron chi connectivity index (χ3n) is 1.84. The molecule has 2 heteroatoms. The normalized spacial score (nSPS) is 9.69. The number of carbonyl (C=O) groups excluding carboxylic acids is 1. The molecule has 0 radical (unpaired) electrons. The van der Waals surface area contributed by atoms with Crippen molar-refractivity contribution < 1.29 is 4.79 Å². The summed E-state index contributed by atoms with van der Waals surface area (Å²) < 4.78 is 0. The smallest absolute Gasteiger partial charge is 0.188 e. The maximum atomic E-state index is 11.4. The molecule has 0 saturated carbocycles. The highest BCUT2D eigenvalue weighted by Crippen LogP contribution is 2.08. The molecule has 68 valence electrons. The van der Waals surface area contributed by atoms with Crippen molar-refractivity contribution >= 4 is 5.78 Å². The Morgan fingerprint density at radius 3 is 2.31 bits per heavy atom. The number of carbonyl (C=O) groups is 1. The van der Waals surface area contributed by atoms with Gasteiger partial charge in [0.15, 0.2) is 5.78 Å². The summed E-state index contributed by atoms with van der Waals surface area (Å²) in [5.74, 6) is -0.0106. The lowest BCUT2D eigenvalue weighted by Gasteiger charge is -2.00. The fraction of sp³-hybridized carbons (Fsp3) is 0.182. The van der Waals surface area contributed by atoms with Crippen LogP contribution in [0.3, 0.4) is 0 Å². The number of benzene rings is 1. The lowest BCUT2D eigenvalue weighted by Crippen LogP contribution is -2.01. The fourth-order valence-electron chi connectivity index (χ4n) is 1.04. The van der Waals surface area contributed by atoms with Crippen LogP contribution in [-0.2, 0) is 6.54 Å². The van der Waals surface area contributed by atoms with E-state index in [1.54, 1.807) is 19.1 Å². The molecule has 0 fully saturated rings. The van der Waals surface area contributed by atoms with Gasteiger partial charge in [0.2, 0.25) is 0 Å². The van der Waals surface area contributed by atoms with Gasteiger partial charge in [-0.1, -0.05) is 30.8 Å². The first-order valence-corrected chi connectivity index (χ1v) is 4.14. The second kappa shape index (κ2) is 4.01. The summed E-state index contributed by atoms with van der Waals surface area (Å²) in [6.45, 7) is 5.81. The molecule has 2 nitrogen and oxygen atoms in total. The minimum atomic E-state index is -0.0106. The van der Waals surface area contributed by atoms with Crippen molar-refractivity contribution in [3.8, 4) is 0 Å². The van der Waals surface area contributed by atoms with E-state index in [4.69, 9.17) is 5.73 Å². The number of rotatable bonds is 3. The molecular weight excluding hydrogens is 162 g/mol. The molecule has 0 aliphatic rings. The van der Waals surface area contributed by atoms with Crippen molar-refractivity contribution in [2.24, 2.45) is 5.73 Å². The Balaban J connectivity index is 2.92. The molecule has 13 heavy (non-hydrogen) atoms. The number of nitrogens with two attached hydrogens (primary N) is 1. The Bertz CT molecular complexity index is 324. The highest BCUT2D eigenvalue weighted by Gasteiger charge is 2.04. The molecule has 0 bridgehead atoms. The minimum Gasteiger partial charge on any atom is -0.326 e. The number of allylic oxidation sites excluding steroid dienone is 1. The van der Waals surface area contributed by atoms with Gasteiger partial charge in [0.05, 0.1) is 0 Å². The molecule has 0 heterocycles. The van der Waals surface area contributed by atoms with Gasteiger partial charge in [0, 0.05) is 12.1 Å². The summed E-state index contributed by atoms with van der Waals surface area (Å²) in [5.41, 5.74) is 7.69. The monoisotopic (exact) mass is 175 g/mol. The number of Topliss-reactive ketones (excluding diaryl/α,β-unsaturated/α-hetero) is 1. The SMILES string of the molecule is C=C(C)C(=O)c1ccc(CN)cc1. The summed E-state index contributed by atoms with van der Waals surface area (Å²) in [6, 6.07) is 7.27. The van der Waals surface area contributed by atoms with E-state index in [2.05, 4.69) is 6.58 Å². The van der Waals surface area contributed by atoms with Crippen molar-refractivity contribution in [3.05, 3.63) is 47.5 Å². The third kappa shape index (κ3) is 2.26. The van der Waals surface area contributed by atoms with Gasteiger partial charge in [-0.05, 0) is 18.1 Å². The summed E-state index contributed by atoms with van der Waals surface area (Å²) >= 11 is 0. The predicted octanol–water partition coefficient (Wildman–Crippen LogP) is 1.90. The van der Waals surface area contributed by atoms with Crippen LogP contribution >= 0.6 is 0 Å². The second-order valence-electron chi connectivity index (χ2n) is 3.01. The average molecular weight is 175 g/mol. The lowest BCUT2D eigenvalue weighted by atomic mass is 10.0. The molecule has 2 N–H and O–H groups in total. The molecule has 0 atom stereocenters. The van der Waals surface area contributed by atoms with Gasteiger partial charge in [-0.2, -0.15) is 0 Å². The van der Waals surface area contributed by atoms with Crippen LogP contribution in [0.1, 0.15) is 22.8 Å². The molecular formula is C11H13NO. The predicted molar refractivity (Wildman–Crippen MR) is 53.5 cm³/mol. The van der Waals surface area contributed by atoms with Crippen molar-refractivity contribution in [2.75, 3.05) is 0 Å². The highest BCUT2D eigenvalue weighted by atomic mass is 16.1. The van der Waals surface area contributed by atoms with Crippen LogP contribution in [-0.4, -0.2) is 5.78 Å². The zero-order valence-corrected chi connectivity index (χ0v) is 7.71. The molecule has 0 aliphatic carbocycles. The summed E-state index contributed by atoms with van der Waals surface area (Å²) in [4.78, 5) is 11.4. The largest absolute Gasteiger partial charge is 0.326 e. The Kier molecular flexibility index (Phi) is 2.98. The standard InChI is InChI=1S/C11H13NO/c1-8(2)11(13)10-5-3-9(7-12)4-6-10/h3-6H,1,7,12H2,2H3. The quantitative estimate of drug-likeness (QED) is 0.563. The fourth-order valence-corrected chi connectivity index (χ4v) is 1.04. The maximum absolute atomic E-state index is 11.4. The topological polar surface area (TPSA) is 43.1 Å². The average Bonchev–Trinajstić information content (AvgIpc) is 2.17. The van der Waals surface area contributed by atoms with Crippen LogP contribution in [0.2, 0.25) is 0 Å². The second-order valence-corrected chi connectivity index (χ2v) is 3.01. The molecule has 1 aromatic carbocycles. The summed E-state index contributed by atoms with van der Waals surface area (Å²) in [5, 5.41) is 0. The van der Waals surface area contributed by atoms with Crippen LogP contribution in [0.25, 0.3) is 0 Å². The van der Waals surface area contributed by atoms with E-state index < -0.39 is 0 Å².